The van der Waals surface area contributed by atoms with E-state index in [-0.39, 0.29) is 0 Å². The van der Waals surface area contributed by atoms with E-state index in [0.717, 1.165) is 0 Å². The van der Waals surface area contributed by atoms with Crippen LogP contribution in [0.3, 0.4) is 0 Å². The number of ether oxygens (including phenoxy) is 1. The second kappa shape index (κ2) is 4.31. The predicted octanol–water partition coefficient (Wildman–Crippen LogP) is 0.291. The van der Waals surface area contributed by atoms with Crippen molar-refractivity contribution in [3.63, 3.8) is 0 Å². The highest BCUT2D eigenvalue weighted by Crippen LogP contribution is 2.09. The van der Waals surface area contributed by atoms with Crippen LogP contribution in [0.1, 0.15) is 5.69 Å². The number of nitrogens with two attached hydrogens (primary N) is 1. The number of hydrogen-bond acceptors (Lipinski definition) is 4. The number of nitrogens with zero attached hydrogens (tertiary/aromatic N) is 2. The molecule has 1 aromatic rings. The van der Waals surface area contributed by atoms with Gasteiger partial charge in [-0.15, -0.1) is 0 Å². The standard InChI is InChI=1S/C8H9N3O/c9-2-4-12-8-1-3-11-7(5-8)6-10/h1,3,5H,2,4,9H2. The Bertz CT molecular complexity index is 293. The van der Waals surface area contributed by atoms with Crippen molar-refractivity contribution < 1.29 is 4.74 Å². The molecular weight excluding hydrogens is 154 g/mol. The average molecular weight is 163 g/mol. The van der Waals surface area contributed by atoms with Crippen LogP contribution in [0.5, 0.6) is 5.75 Å². The molecule has 0 fully saturated rings. The monoisotopic (exact) mass is 163 g/mol. The SMILES string of the molecule is N#Cc1cc(OCCN)ccn1. The molecular formula is C8H9N3O. The second-order valence-corrected chi connectivity index (χ2v) is 2.13. The molecule has 0 amide bonds. The molecule has 0 spiro atoms. The molecule has 1 aromatic heterocycles. The third-order valence-corrected chi connectivity index (χ3v) is 1.23. The summed E-state index contributed by atoms with van der Waals surface area (Å²) < 4.78 is 5.18. The molecule has 0 atom stereocenters. The van der Waals surface area contributed by atoms with Crippen molar-refractivity contribution in [2.75, 3.05) is 13.2 Å². The van der Waals surface area contributed by atoms with Gasteiger partial charge in [0.25, 0.3) is 0 Å². The molecule has 0 unspecified atom stereocenters. The quantitative estimate of drug-likeness (QED) is 0.695. The molecule has 0 saturated heterocycles. The fourth-order valence-corrected chi connectivity index (χ4v) is 0.739. The topological polar surface area (TPSA) is 71.9 Å². The molecule has 0 saturated carbocycles. The van der Waals surface area contributed by atoms with Gasteiger partial charge in [-0.3, -0.25) is 0 Å². The van der Waals surface area contributed by atoms with E-state index in [1.54, 1.807) is 12.1 Å². The zero-order valence-electron chi connectivity index (χ0n) is 6.53. The van der Waals surface area contributed by atoms with Gasteiger partial charge in [-0.2, -0.15) is 5.26 Å². The van der Waals surface area contributed by atoms with Gasteiger partial charge in [0.15, 0.2) is 0 Å². The lowest BCUT2D eigenvalue weighted by molar-refractivity contribution is 0.328. The Morgan fingerprint density at radius 2 is 2.50 bits per heavy atom. The smallest absolute Gasteiger partial charge is 0.144 e. The molecule has 0 aliphatic carbocycles. The van der Waals surface area contributed by atoms with Crippen molar-refractivity contribution in [2.45, 2.75) is 0 Å². The summed E-state index contributed by atoms with van der Waals surface area (Å²) >= 11 is 0. The number of aromatic nitrogens is 1. The number of hydrogen-bond donors (Lipinski definition) is 1. The Labute approximate surface area is 70.6 Å². The van der Waals surface area contributed by atoms with Crippen LogP contribution in [0.4, 0.5) is 0 Å². The first-order valence-corrected chi connectivity index (χ1v) is 3.56. The van der Waals surface area contributed by atoms with E-state index in [0.29, 0.717) is 24.6 Å². The minimum atomic E-state index is 0.351. The summed E-state index contributed by atoms with van der Waals surface area (Å²) in [4.78, 5) is 3.79. The van der Waals surface area contributed by atoms with E-state index in [9.17, 15) is 0 Å². The molecule has 1 rings (SSSR count). The summed E-state index contributed by atoms with van der Waals surface area (Å²) in [5, 5.41) is 8.49. The number of nitriles is 1. The summed E-state index contributed by atoms with van der Waals surface area (Å²) in [5.41, 5.74) is 5.59. The molecule has 12 heavy (non-hydrogen) atoms. The largest absolute Gasteiger partial charge is 0.492 e. The van der Waals surface area contributed by atoms with E-state index in [1.165, 1.54) is 6.20 Å². The van der Waals surface area contributed by atoms with Crippen molar-refractivity contribution >= 4 is 0 Å². The van der Waals surface area contributed by atoms with E-state index in [2.05, 4.69) is 4.98 Å². The van der Waals surface area contributed by atoms with Crippen molar-refractivity contribution in [1.82, 2.24) is 4.98 Å². The van der Waals surface area contributed by atoms with Gasteiger partial charge in [0, 0.05) is 18.8 Å². The van der Waals surface area contributed by atoms with Crippen LogP contribution in [0, 0.1) is 11.3 Å². The Hall–Kier alpha value is -1.60. The highest BCUT2D eigenvalue weighted by atomic mass is 16.5. The lowest BCUT2D eigenvalue weighted by atomic mass is 10.3. The Kier molecular flexibility index (Phi) is 3.05. The van der Waals surface area contributed by atoms with Crippen LogP contribution in [0.15, 0.2) is 18.3 Å². The summed E-state index contributed by atoms with van der Waals surface area (Å²) in [6.45, 7) is 0.916. The first-order valence-electron chi connectivity index (χ1n) is 3.56. The summed E-state index contributed by atoms with van der Waals surface area (Å²) in [6.07, 6.45) is 1.53. The second-order valence-electron chi connectivity index (χ2n) is 2.13. The Balaban J connectivity index is 2.68. The molecule has 0 aliphatic heterocycles. The molecule has 2 N–H and O–H groups in total. The number of rotatable bonds is 3. The van der Waals surface area contributed by atoms with Gasteiger partial charge in [0.2, 0.25) is 0 Å². The van der Waals surface area contributed by atoms with Crippen molar-refractivity contribution in [1.29, 1.82) is 5.26 Å². The fraction of sp³-hybridized carbons (Fsp3) is 0.250. The van der Waals surface area contributed by atoms with E-state index >= 15 is 0 Å². The summed E-state index contributed by atoms with van der Waals surface area (Å²) in [7, 11) is 0. The maximum atomic E-state index is 8.49. The van der Waals surface area contributed by atoms with Crippen LogP contribution in [-0.2, 0) is 0 Å². The van der Waals surface area contributed by atoms with E-state index in [1.807, 2.05) is 6.07 Å². The van der Waals surface area contributed by atoms with Crippen LogP contribution in [0.2, 0.25) is 0 Å². The zero-order valence-corrected chi connectivity index (χ0v) is 6.53. The molecule has 0 aromatic carbocycles. The van der Waals surface area contributed by atoms with Gasteiger partial charge in [-0.25, -0.2) is 4.98 Å². The third kappa shape index (κ3) is 2.22. The Morgan fingerprint density at radius 3 is 3.17 bits per heavy atom. The van der Waals surface area contributed by atoms with Gasteiger partial charge in [0.05, 0.1) is 0 Å². The van der Waals surface area contributed by atoms with Gasteiger partial charge in [0.1, 0.15) is 24.1 Å². The van der Waals surface area contributed by atoms with Crippen molar-refractivity contribution in [3.8, 4) is 11.8 Å². The summed E-state index contributed by atoms with van der Waals surface area (Å²) in [5.74, 6) is 0.631. The Morgan fingerprint density at radius 1 is 1.67 bits per heavy atom. The van der Waals surface area contributed by atoms with Crippen LogP contribution >= 0.6 is 0 Å². The van der Waals surface area contributed by atoms with Crippen molar-refractivity contribution in [3.05, 3.63) is 24.0 Å². The lowest BCUT2D eigenvalue weighted by Crippen LogP contribution is -2.10. The van der Waals surface area contributed by atoms with Gasteiger partial charge in [-0.1, -0.05) is 0 Å². The van der Waals surface area contributed by atoms with Gasteiger partial charge in [-0.05, 0) is 6.07 Å². The first-order chi connectivity index (χ1) is 5.86. The molecule has 4 heteroatoms. The molecule has 4 nitrogen and oxygen atoms in total. The maximum absolute atomic E-state index is 8.49. The maximum Gasteiger partial charge on any atom is 0.144 e. The molecule has 0 bridgehead atoms. The highest BCUT2D eigenvalue weighted by Gasteiger charge is 1.95. The molecule has 0 radical (unpaired) electrons. The molecule has 62 valence electrons. The van der Waals surface area contributed by atoms with E-state index in [4.69, 9.17) is 15.7 Å². The van der Waals surface area contributed by atoms with Gasteiger partial charge < -0.3 is 10.5 Å². The highest BCUT2D eigenvalue weighted by molar-refractivity contribution is 5.29. The van der Waals surface area contributed by atoms with Crippen molar-refractivity contribution in [2.24, 2.45) is 5.73 Å². The third-order valence-electron chi connectivity index (χ3n) is 1.23. The van der Waals surface area contributed by atoms with Crippen LogP contribution in [-0.4, -0.2) is 18.1 Å². The zero-order chi connectivity index (χ0) is 8.81. The van der Waals surface area contributed by atoms with Crippen LogP contribution < -0.4 is 10.5 Å². The van der Waals surface area contributed by atoms with Gasteiger partial charge >= 0.3 is 0 Å². The summed E-state index contributed by atoms with van der Waals surface area (Å²) in [6, 6.07) is 5.19. The minimum absolute atomic E-state index is 0.351. The average Bonchev–Trinajstić information content (AvgIpc) is 2.15. The van der Waals surface area contributed by atoms with E-state index < -0.39 is 0 Å². The fourth-order valence-electron chi connectivity index (χ4n) is 0.739. The number of pyridine rings is 1. The first kappa shape index (κ1) is 8.50. The lowest BCUT2D eigenvalue weighted by Gasteiger charge is -2.02. The minimum Gasteiger partial charge on any atom is -0.492 e. The predicted molar refractivity (Wildman–Crippen MR) is 43.5 cm³/mol. The molecule has 0 aliphatic rings. The normalized spacial score (nSPS) is 9.00. The van der Waals surface area contributed by atoms with Crippen LogP contribution in [0.25, 0.3) is 0 Å². The molecule has 1 heterocycles.